The van der Waals surface area contributed by atoms with Crippen LogP contribution >= 0.6 is 11.8 Å². The summed E-state index contributed by atoms with van der Waals surface area (Å²) in [6, 6.07) is 16.4. The molecule has 0 bridgehead atoms. The van der Waals surface area contributed by atoms with Gasteiger partial charge in [0.2, 0.25) is 11.8 Å². The monoisotopic (exact) mass is 621 g/mol. The summed E-state index contributed by atoms with van der Waals surface area (Å²) in [4.78, 5) is 48.7. The molecule has 44 heavy (non-hydrogen) atoms. The van der Waals surface area contributed by atoms with E-state index in [1.165, 1.54) is 0 Å². The smallest absolute Gasteiger partial charge is 0.322 e. The molecule has 10 heteroatoms. The van der Waals surface area contributed by atoms with E-state index in [-0.39, 0.29) is 37.1 Å². The molecule has 0 radical (unpaired) electrons. The standard InChI is InChI=1S/C34H45N5O4S.H2/c1-24(2)11-17-39-32(41)30(44-33(39)27-8-4-6-10-29(27)36-19-21-43-22-20-36)23-31(40)37-15-13-26(14-16-37)38-18-12-25-7-3-5-9-28(25)35-34(38)42;/h3-10,24,26,30,33H,11-23H2,1-2H3,(H,35,42);1H. The number of nitrogens with zero attached hydrogens (tertiary/aromatic N) is 4. The predicted octanol–water partition coefficient (Wildman–Crippen LogP) is 5.23. The summed E-state index contributed by atoms with van der Waals surface area (Å²) in [7, 11) is 0. The highest BCUT2D eigenvalue weighted by Crippen LogP contribution is 2.47. The van der Waals surface area contributed by atoms with E-state index in [0.717, 1.165) is 61.3 Å². The van der Waals surface area contributed by atoms with Crippen LogP contribution in [0.15, 0.2) is 48.5 Å². The second kappa shape index (κ2) is 13.8. The van der Waals surface area contributed by atoms with E-state index in [2.05, 4.69) is 54.4 Å². The number of fused-ring (bicyclic) bond motifs is 1. The minimum Gasteiger partial charge on any atom is -0.378 e. The van der Waals surface area contributed by atoms with Crippen molar-refractivity contribution in [1.29, 1.82) is 0 Å². The minimum absolute atomic E-state index is 0. The third-order valence-corrected chi connectivity index (χ3v) is 10.9. The Morgan fingerprint density at radius 2 is 1.73 bits per heavy atom. The van der Waals surface area contributed by atoms with Gasteiger partial charge >= 0.3 is 6.03 Å². The zero-order valence-electron chi connectivity index (χ0n) is 26.0. The lowest BCUT2D eigenvalue weighted by Gasteiger charge is -2.38. The van der Waals surface area contributed by atoms with Crippen LogP contribution in [0.3, 0.4) is 0 Å². The Bertz CT molecular complexity index is 1350. The lowest BCUT2D eigenvalue weighted by atomic mass is 10.0. The molecule has 4 aliphatic rings. The maximum Gasteiger partial charge on any atom is 0.322 e. The number of carbonyl (C=O) groups is 3. The number of hydrogen-bond donors (Lipinski definition) is 1. The second-order valence-corrected chi connectivity index (χ2v) is 14.0. The molecule has 4 amide bonds. The quantitative estimate of drug-likeness (QED) is 0.435. The number of ether oxygens (including phenoxy) is 1. The number of amides is 4. The molecule has 0 aromatic heterocycles. The van der Waals surface area contributed by atoms with Crippen molar-refractivity contribution < 1.29 is 20.5 Å². The van der Waals surface area contributed by atoms with Crippen LogP contribution in [-0.4, -0.2) is 96.3 Å². The van der Waals surface area contributed by atoms with Gasteiger partial charge in [0, 0.05) is 70.1 Å². The van der Waals surface area contributed by atoms with E-state index < -0.39 is 5.25 Å². The van der Waals surface area contributed by atoms with Crippen LogP contribution in [0.5, 0.6) is 0 Å². The van der Waals surface area contributed by atoms with Crippen LogP contribution in [0.4, 0.5) is 16.2 Å². The molecule has 2 aromatic rings. The number of para-hydroxylation sites is 2. The molecule has 3 saturated heterocycles. The fourth-order valence-electron chi connectivity index (χ4n) is 6.83. The first-order valence-corrected chi connectivity index (χ1v) is 17.1. The van der Waals surface area contributed by atoms with Crippen LogP contribution in [0.25, 0.3) is 0 Å². The van der Waals surface area contributed by atoms with Crippen LogP contribution in [0.1, 0.15) is 57.5 Å². The number of likely N-dealkylation sites (tertiary alicyclic amines) is 1. The minimum atomic E-state index is -0.398. The van der Waals surface area contributed by atoms with Crippen LogP contribution in [0.2, 0.25) is 0 Å². The number of benzene rings is 2. The van der Waals surface area contributed by atoms with E-state index >= 15 is 0 Å². The van der Waals surface area contributed by atoms with Crippen molar-refractivity contribution in [2.24, 2.45) is 5.92 Å². The SMILES string of the molecule is CC(C)CCN1C(=O)C(CC(=O)N2CCC(N3CCc4ccccc4NC3=O)CC2)SC1c1ccccc1N1CCOCC1.[HH]. The van der Waals surface area contributed by atoms with Gasteiger partial charge in [0.05, 0.1) is 18.5 Å². The highest BCUT2D eigenvalue weighted by Gasteiger charge is 2.43. The number of urea groups is 1. The Balaban J connectivity index is 0.00000400. The molecule has 9 nitrogen and oxygen atoms in total. The van der Waals surface area contributed by atoms with Gasteiger partial charge in [0.25, 0.3) is 0 Å². The number of piperidine rings is 1. The third kappa shape index (κ3) is 6.71. The zero-order chi connectivity index (χ0) is 30.6. The number of nitrogens with one attached hydrogen (secondary N) is 1. The second-order valence-electron chi connectivity index (χ2n) is 12.7. The molecule has 6 rings (SSSR count). The maximum atomic E-state index is 13.9. The molecule has 4 heterocycles. The lowest BCUT2D eigenvalue weighted by Crippen LogP contribution is -2.50. The van der Waals surface area contributed by atoms with Crippen molar-refractivity contribution in [3.05, 3.63) is 59.7 Å². The molecule has 2 aromatic carbocycles. The molecule has 4 aliphatic heterocycles. The van der Waals surface area contributed by atoms with E-state index in [0.29, 0.717) is 45.3 Å². The van der Waals surface area contributed by atoms with Crippen molar-refractivity contribution in [3.8, 4) is 0 Å². The average Bonchev–Trinajstić information content (AvgIpc) is 3.24. The number of anilines is 2. The van der Waals surface area contributed by atoms with E-state index in [1.54, 1.807) is 11.8 Å². The van der Waals surface area contributed by atoms with Gasteiger partial charge in [0.1, 0.15) is 5.37 Å². The summed E-state index contributed by atoms with van der Waals surface area (Å²) in [6.07, 6.45) is 3.45. The Labute approximate surface area is 266 Å². The van der Waals surface area contributed by atoms with E-state index in [4.69, 9.17) is 4.74 Å². The fourth-order valence-corrected chi connectivity index (χ4v) is 8.33. The van der Waals surface area contributed by atoms with Crippen molar-refractivity contribution in [3.63, 3.8) is 0 Å². The number of hydrogen-bond acceptors (Lipinski definition) is 6. The maximum absolute atomic E-state index is 13.9. The third-order valence-electron chi connectivity index (χ3n) is 9.40. The first-order chi connectivity index (χ1) is 21.4. The lowest BCUT2D eigenvalue weighted by molar-refractivity contribution is -0.136. The normalized spacial score (nSPS) is 23.2. The van der Waals surface area contributed by atoms with Gasteiger partial charge in [-0.25, -0.2) is 4.79 Å². The molecule has 3 fully saturated rings. The number of morpholine rings is 1. The van der Waals surface area contributed by atoms with Crippen molar-refractivity contribution in [1.82, 2.24) is 14.7 Å². The summed E-state index contributed by atoms with van der Waals surface area (Å²) in [6.45, 7) is 10.00. The van der Waals surface area contributed by atoms with E-state index in [9.17, 15) is 14.4 Å². The summed E-state index contributed by atoms with van der Waals surface area (Å²) in [5.41, 5.74) is 4.35. The molecular weight excluding hydrogens is 574 g/mol. The van der Waals surface area contributed by atoms with Crippen LogP contribution < -0.4 is 10.2 Å². The Morgan fingerprint density at radius 1 is 1.00 bits per heavy atom. The van der Waals surface area contributed by atoms with Gasteiger partial charge in [0.15, 0.2) is 0 Å². The molecule has 0 spiro atoms. The van der Waals surface area contributed by atoms with Gasteiger partial charge in [-0.05, 0) is 49.3 Å². The largest absolute Gasteiger partial charge is 0.378 e. The molecule has 2 atom stereocenters. The number of carbonyl (C=O) groups excluding carboxylic acids is 3. The molecule has 0 saturated carbocycles. The first kappa shape index (κ1) is 30.8. The predicted molar refractivity (Wildman–Crippen MR) is 177 cm³/mol. The Hall–Kier alpha value is -3.24. The van der Waals surface area contributed by atoms with Crippen LogP contribution in [0, 0.1) is 5.92 Å². The van der Waals surface area contributed by atoms with E-state index in [1.807, 2.05) is 32.9 Å². The Morgan fingerprint density at radius 3 is 2.50 bits per heavy atom. The van der Waals surface area contributed by atoms with Gasteiger partial charge in [-0.3, -0.25) is 9.59 Å². The van der Waals surface area contributed by atoms with Gasteiger partial charge in [-0.1, -0.05) is 50.2 Å². The van der Waals surface area contributed by atoms with Crippen molar-refractivity contribution in [2.45, 2.75) is 62.6 Å². The summed E-state index contributed by atoms with van der Waals surface area (Å²) < 4.78 is 5.60. The molecule has 238 valence electrons. The average molecular weight is 622 g/mol. The number of rotatable bonds is 8. The summed E-state index contributed by atoms with van der Waals surface area (Å²) in [5, 5.41) is 2.56. The molecule has 0 aliphatic carbocycles. The van der Waals surface area contributed by atoms with Crippen molar-refractivity contribution >= 4 is 41.0 Å². The fraction of sp³-hybridized carbons (Fsp3) is 0.559. The first-order valence-electron chi connectivity index (χ1n) is 16.2. The highest BCUT2D eigenvalue weighted by atomic mass is 32.2. The topological polar surface area (TPSA) is 85.4 Å². The van der Waals surface area contributed by atoms with Crippen molar-refractivity contribution in [2.75, 3.05) is 62.7 Å². The number of thioether (sulfide) groups is 1. The molecule has 2 unspecified atom stereocenters. The van der Waals surface area contributed by atoms with Crippen LogP contribution in [-0.2, 0) is 20.7 Å². The van der Waals surface area contributed by atoms with Gasteiger partial charge in [-0.15, -0.1) is 11.8 Å². The van der Waals surface area contributed by atoms with Gasteiger partial charge < -0.3 is 29.7 Å². The highest BCUT2D eigenvalue weighted by molar-refractivity contribution is 8.01. The summed E-state index contributed by atoms with van der Waals surface area (Å²) in [5.74, 6) is 0.583. The summed E-state index contributed by atoms with van der Waals surface area (Å²) >= 11 is 1.63. The molecular formula is C34H47N5O4S. The van der Waals surface area contributed by atoms with Gasteiger partial charge in [-0.2, -0.15) is 0 Å². The zero-order valence-corrected chi connectivity index (χ0v) is 26.8. The Kier molecular flexibility index (Phi) is 9.66. The molecule has 1 N–H and O–H groups in total.